The molecule has 0 radical (unpaired) electrons. The van der Waals surface area contributed by atoms with Crippen molar-refractivity contribution in [1.29, 1.82) is 0 Å². The lowest BCUT2D eigenvalue weighted by Crippen LogP contribution is -2.53. The molecule has 5 N–H and O–H groups in total. The Hall–Kier alpha value is -9.87. The molecule has 480 valence electrons. The standard InChI is InChI=1S/C63H64FN11O15S2/c1-10-16-88-62(82)74(7)27-38-20-41(70-54(76)33(6)69-56(78)52(31(3)4)73-55(77)37-18-35(39-23-65-59(66-24-39)91(8,84)85)17-36(19-37)40-25-67-60(68-26-40)92(9,86)87)13-12-34(38)29-90-61(81)72-47-15-14-42-32(5)46(64)22-48-50(42)51(47)43-28-75-49(53(43)71-48)21-45-44(57(75)79)30-89-58(80)63(45,83)11-2/h10,12-13,17-26,31,33,47,52,83H,1,11,14-16,27-30H2,2-9H3,(H,69,78)(H,70,76)(H,72,81)(H,73,77)/t33-,47-,52-,63-/m0/s1. The predicted molar refractivity (Wildman–Crippen MR) is 330 cm³/mol. The Morgan fingerprint density at radius 1 is 0.859 bits per heavy atom. The van der Waals surface area contributed by atoms with Crippen molar-refractivity contribution >= 4 is 72.1 Å². The summed E-state index contributed by atoms with van der Waals surface area (Å²) >= 11 is 0. The number of sulfone groups is 2. The van der Waals surface area contributed by atoms with Gasteiger partial charge in [-0.25, -0.2) is 60.5 Å². The third-order valence-electron chi connectivity index (χ3n) is 16.3. The molecule has 29 heteroatoms. The number of esters is 1. The largest absolute Gasteiger partial charge is 0.458 e. The molecule has 2 aliphatic heterocycles. The second kappa shape index (κ2) is 25.4. The number of hydrogen-bond donors (Lipinski definition) is 5. The van der Waals surface area contributed by atoms with Crippen molar-refractivity contribution in [3.8, 4) is 33.6 Å². The van der Waals surface area contributed by atoms with Gasteiger partial charge in [0.2, 0.25) is 41.8 Å². The van der Waals surface area contributed by atoms with Crippen LogP contribution in [0, 0.1) is 18.7 Å². The smallest absolute Gasteiger partial charge is 0.410 e. The molecule has 6 heterocycles. The van der Waals surface area contributed by atoms with Gasteiger partial charge < -0.3 is 50.1 Å². The van der Waals surface area contributed by atoms with Crippen LogP contribution in [0.25, 0.3) is 44.5 Å². The van der Waals surface area contributed by atoms with Crippen molar-refractivity contribution in [2.24, 2.45) is 5.92 Å². The van der Waals surface area contributed by atoms with Crippen LogP contribution in [0.3, 0.4) is 0 Å². The number of fused-ring (bicyclic) bond motifs is 5. The van der Waals surface area contributed by atoms with E-state index in [1.165, 1.54) is 78.6 Å². The van der Waals surface area contributed by atoms with Gasteiger partial charge in [0.25, 0.3) is 11.5 Å². The SMILES string of the molecule is C=CCOC(=O)N(C)Cc1cc(NC(=O)[C@H](C)NC(=O)[C@@H](NC(=O)c2cc(-c3cnc(S(C)(=O)=O)nc3)cc(-c3cnc(S(C)(=O)=O)nc3)c2)C(C)C)ccc1COC(=O)N[C@H]1CCc2c(C)c(F)cc3nc4c(c1c23)Cn1c-4cc2c(c1=O)COC(=O)[C@]2(O)CC. The molecule has 0 bridgehead atoms. The molecular formula is C63H64FN11O15S2. The van der Waals surface area contributed by atoms with E-state index in [0.717, 1.165) is 12.5 Å². The number of aryl methyl sites for hydroxylation is 1. The highest BCUT2D eigenvalue weighted by molar-refractivity contribution is 7.90. The highest BCUT2D eigenvalue weighted by atomic mass is 32.2. The Balaban J connectivity index is 0.858. The molecule has 0 saturated heterocycles. The monoisotopic (exact) mass is 1300 g/mol. The highest BCUT2D eigenvalue weighted by Crippen LogP contribution is 2.46. The van der Waals surface area contributed by atoms with Gasteiger partial charge in [-0.1, -0.05) is 39.5 Å². The number of pyridine rings is 2. The molecule has 26 nitrogen and oxygen atoms in total. The van der Waals surface area contributed by atoms with Gasteiger partial charge in [-0.05, 0) is 114 Å². The van der Waals surface area contributed by atoms with Gasteiger partial charge in [-0.2, -0.15) is 0 Å². The molecule has 5 amide bonds. The van der Waals surface area contributed by atoms with Crippen LogP contribution in [-0.4, -0.2) is 130 Å². The number of carbonyl (C=O) groups excluding carboxylic acids is 6. The molecule has 4 aromatic heterocycles. The Kier molecular flexibility index (Phi) is 18.0. The molecule has 10 rings (SSSR count). The van der Waals surface area contributed by atoms with Crippen LogP contribution < -0.4 is 26.8 Å². The number of alkyl carbamates (subject to hydrolysis) is 1. The first kappa shape index (κ1) is 65.1. The van der Waals surface area contributed by atoms with Gasteiger partial charge in [0.05, 0.1) is 35.1 Å². The van der Waals surface area contributed by atoms with Gasteiger partial charge in [0.15, 0.2) is 5.60 Å². The number of aliphatic hydroxyl groups is 1. The molecule has 0 saturated carbocycles. The normalized spacial score (nSPS) is 16.2. The Morgan fingerprint density at radius 2 is 1.50 bits per heavy atom. The molecule has 0 unspecified atom stereocenters. The summed E-state index contributed by atoms with van der Waals surface area (Å²) in [6.45, 7) is 10.7. The minimum absolute atomic E-state index is 0.00427. The second-order valence-electron chi connectivity index (χ2n) is 23.1. The molecule has 3 aliphatic rings. The molecule has 4 atom stereocenters. The molecule has 0 fully saturated rings. The van der Waals surface area contributed by atoms with Gasteiger partial charge >= 0.3 is 18.2 Å². The lowest BCUT2D eigenvalue weighted by molar-refractivity contribution is -0.172. The van der Waals surface area contributed by atoms with E-state index in [-0.39, 0.29) is 67.2 Å². The van der Waals surface area contributed by atoms with Crippen molar-refractivity contribution in [2.45, 2.75) is 114 Å². The summed E-state index contributed by atoms with van der Waals surface area (Å²) in [5.41, 5.74) is 3.09. The number of nitrogens with zero attached hydrogens (tertiary/aromatic N) is 7. The number of amides is 5. The lowest BCUT2D eigenvalue weighted by atomic mass is 9.81. The first-order chi connectivity index (χ1) is 43.5. The molecular weight excluding hydrogens is 1230 g/mol. The van der Waals surface area contributed by atoms with Gasteiger partial charge in [0.1, 0.15) is 37.7 Å². The number of nitrogens with one attached hydrogen (secondary N) is 4. The molecule has 7 aromatic rings. The zero-order chi connectivity index (χ0) is 66.5. The number of benzene rings is 3. The first-order valence-corrected chi connectivity index (χ1v) is 32.7. The molecule has 3 aromatic carbocycles. The molecule has 0 spiro atoms. The van der Waals surface area contributed by atoms with Crippen LogP contribution in [0.15, 0.2) is 101 Å². The summed E-state index contributed by atoms with van der Waals surface area (Å²) in [4.78, 5) is 118. The number of aromatic nitrogens is 6. The number of halogens is 1. The van der Waals surface area contributed by atoms with Crippen LogP contribution in [-0.2, 0) is 86.6 Å². The fraction of sp³-hybridized carbons (Fsp3) is 0.333. The third-order valence-corrected chi connectivity index (χ3v) is 18.1. The van der Waals surface area contributed by atoms with Crippen molar-refractivity contribution < 1.29 is 69.3 Å². The van der Waals surface area contributed by atoms with Gasteiger partial charge in [-0.3, -0.25) is 19.2 Å². The van der Waals surface area contributed by atoms with Crippen molar-refractivity contribution in [3.63, 3.8) is 0 Å². The maximum absolute atomic E-state index is 15.6. The van der Waals surface area contributed by atoms with E-state index in [1.807, 2.05) is 0 Å². The number of hydrogen-bond acceptors (Lipinski definition) is 20. The Labute approximate surface area is 526 Å². The van der Waals surface area contributed by atoms with Crippen LogP contribution in [0.5, 0.6) is 0 Å². The zero-order valence-electron chi connectivity index (χ0n) is 51.2. The number of anilines is 1. The molecule has 92 heavy (non-hydrogen) atoms. The summed E-state index contributed by atoms with van der Waals surface area (Å²) in [6, 6.07) is 8.84. The summed E-state index contributed by atoms with van der Waals surface area (Å²) in [5.74, 6) is -4.09. The van der Waals surface area contributed by atoms with E-state index in [2.05, 4.69) is 47.8 Å². The summed E-state index contributed by atoms with van der Waals surface area (Å²) in [7, 11) is -6.06. The van der Waals surface area contributed by atoms with Crippen molar-refractivity contribution in [3.05, 3.63) is 152 Å². The van der Waals surface area contributed by atoms with Gasteiger partial charge in [-0.15, -0.1) is 0 Å². The fourth-order valence-electron chi connectivity index (χ4n) is 11.4. The average molecular weight is 1300 g/mol. The first-order valence-electron chi connectivity index (χ1n) is 29.0. The quantitative estimate of drug-likeness (QED) is 0.0276. The van der Waals surface area contributed by atoms with Crippen LogP contribution >= 0.6 is 0 Å². The van der Waals surface area contributed by atoms with Crippen LogP contribution in [0.2, 0.25) is 0 Å². The van der Waals surface area contributed by atoms with Crippen LogP contribution in [0.4, 0.5) is 19.7 Å². The summed E-state index contributed by atoms with van der Waals surface area (Å²) < 4.78 is 82.0. The average Bonchev–Trinajstić information content (AvgIpc) is 1.48. The fourth-order valence-corrected chi connectivity index (χ4v) is 12.3. The van der Waals surface area contributed by atoms with Crippen molar-refractivity contribution in [1.82, 2.24) is 50.3 Å². The minimum atomic E-state index is -3.77. The third kappa shape index (κ3) is 12.9. The van der Waals surface area contributed by atoms with E-state index in [1.54, 1.807) is 52.0 Å². The minimum Gasteiger partial charge on any atom is -0.458 e. The number of carbonyl (C=O) groups is 6. The van der Waals surface area contributed by atoms with E-state index < -0.39 is 107 Å². The summed E-state index contributed by atoms with van der Waals surface area (Å²) in [6.07, 6.45) is 7.28. The Morgan fingerprint density at radius 3 is 2.10 bits per heavy atom. The maximum atomic E-state index is 15.6. The van der Waals surface area contributed by atoms with Gasteiger partial charge in [0, 0.05) is 95.8 Å². The number of rotatable bonds is 19. The van der Waals surface area contributed by atoms with Crippen molar-refractivity contribution in [2.75, 3.05) is 31.5 Å². The Bertz CT molecular complexity index is 4450. The number of ether oxygens (including phenoxy) is 3. The van der Waals surface area contributed by atoms with E-state index >= 15 is 4.39 Å². The van der Waals surface area contributed by atoms with Crippen LogP contribution in [0.1, 0.15) is 101 Å². The number of cyclic esters (lactones) is 1. The highest BCUT2D eigenvalue weighted by Gasteiger charge is 2.46. The summed E-state index contributed by atoms with van der Waals surface area (Å²) in [5, 5.41) is 22.4. The lowest BCUT2D eigenvalue weighted by Gasteiger charge is -2.31. The molecule has 1 aliphatic carbocycles. The maximum Gasteiger partial charge on any atom is 0.410 e. The van der Waals surface area contributed by atoms with E-state index in [9.17, 15) is 55.5 Å². The topological polar surface area (TPSA) is 356 Å². The zero-order valence-corrected chi connectivity index (χ0v) is 52.8. The van der Waals surface area contributed by atoms with E-state index in [0.29, 0.717) is 85.3 Å². The van der Waals surface area contributed by atoms with E-state index in [4.69, 9.17) is 19.2 Å². The predicted octanol–water partition coefficient (Wildman–Crippen LogP) is 5.81. The second-order valence-corrected chi connectivity index (χ2v) is 26.9.